The SMILES string of the molecule is CC(=O)OC1CC2(C)CCC(C)(C1)C2. The van der Waals surface area contributed by atoms with Gasteiger partial charge in [0.15, 0.2) is 0 Å². The average Bonchev–Trinajstić information content (AvgIpc) is 2.18. The van der Waals surface area contributed by atoms with Crippen LogP contribution in [0.1, 0.15) is 52.9 Å². The quantitative estimate of drug-likeness (QED) is 0.603. The number of ether oxygens (including phenoxy) is 1. The molecule has 0 N–H and O–H groups in total. The molecular formula is C12H20O2. The molecule has 2 unspecified atom stereocenters. The summed E-state index contributed by atoms with van der Waals surface area (Å²) >= 11 is 0. The van der Waals surface area contributed by atoms with E-state index in [0.29, 0.717) is 10.8 Å². The number of rotatable bonds is 1. The molecule has 0 radical (unpaired) electrons. The molecule has 0 aromatic heterocycles. The summed E-state index contributed by atoms with van der Waals surface area (Å²) in [6.45, 7) is 6.20. The third-order valence-corrected chi connectivity index (χ3v) is 3.96. The predicted octanol–water partition coefficient (Wildman–Crippen LogP) is 2.91. The van der Waals surface area contributed by atoms with Gasteiger partial charge in [-0.2, -0.15) is 0 Å². The summed E-state index contributed by atoms with van der Waals surface area (Å²) in [6, 6.07) is 0. The third-order valence-electron chi connectivity index (χ3n) is 3.96. The van der Waals surface area contributed by atoms with Crippen LogP contribution in [0.3, 0.4) is 0 Å². The van der Waals surface area contributed by atoms with Crippen LogP contribution in [0.2, 0.25) is 0 Å². The van der Waals surface area contributed by atoms with Gasteiger partial charge in [0, 0.05) is 6.92 Å². The lowest BCUT2D eigenvalue weighted by Crippen LogP contribution is -2.35. The number of carbonyl (C=O) groups excluding carboxylic acids is 1. The normalized spacial score (nSPS) is 46.4. The van der Waals surface area contributed by atoms with Crippen molar-refractivity contribution in [3.63, 3.8) is 0 Å². The Balaban J connectivity index is 2.08. The number of fused-ring (bicyclic) bond motifs is 2. The number of carbonyl (C=O) groups is 1. The van der Waals surface area contributed by atoms with Gasteiger partial charge < -0.3 is 4.74 Å². The lowest BCUT2D eigenvalue weighted by molar-refractivity contribution is -0.151. The zero-order valence-corrected chi connectivity index (χ0v) is 9.43. The van der Waals surface area contributed by atoms with Gasteiger partial charge in [-0.3, -0.25) is 4.79 Å². The van der Waals surface area contributed by atoms with Crippen molar-refractivity contribution in [2.75, 3.05) is 0 Å². The highest BCUT2D eigenvalue weighted by atomic mass is 16.5. The van der Waals surface area contributed by atoms with Crippen LogP contribution in [0.4, 0.5) is 0 Å². The van der Waals surface area contributed by atoms with E-state index in [9.17, 15) is 4.79 Å². The van der Waals surface area contributed by atoms with E-state index in [1.165, 1.54) is 26.2 Å². The fourth-order valence-electron chi connectivity index (χ4n) is 3.65. The van der Waals surface area contributed by atoms with Crippen LogP contribution in [-0.4, -0.2) is 12.1 Å². The van der Waals surface area contributed by atoms with Crippen LogP contribution in [0.25, 0.3) is 0 Å². The molecule has 0 aliphatic heterocycles. The number of hydrogen-bond acceptors (Lipinski definition) is 2. The predicted molar refractivity (Wildman–Crippen MR) is 54.9 cm³/mol. The molecule has 2 aliphatic rings. The maximum absolute atomic E-state index is 10.9. The zero-order valence-electron chi connectivity index (χ0n) is 9.43. The molecule has 0 aromatic carbocycles. The van der Waals surface area contributed by atoms with Crippen LogP contribution < -0.4 is 0 Å². The Morgan fingerprint density at radius 1 is 1.21 bits per heavy atom. The van der Waals surface area contributed by atoms with Gasteiger partial charge in [0.25, 0.3) is 0 Å². The number of esters is 1. The smallest absolute Gasteiger partial charge is 0.302 e. The maximum atomic E-state index is 10.9. The van der Waals surface area contributed by atoms with Crippen molar-refractivity contribution in [3.05, 3.63) is 0 Å². The van der Waals surface area contributed by atoms with Gasteiger partial charge in [-0.1, -0.05) is 13.8 Å². The lowest BCUT2D eigenvalue weighted by Gasteiger charge is -2.39. The Morgan fingerprint density at radius 3 is 2.14 bits per heavy atom. The fourth-order valence-corrected chi connectivity index (χ4v) is 3.65. The Hall–Kier alpha value is -0.530. The summed E-state index contributed by atoms with van der Waals surface area (Å²) in [4.78, 5) is 10.9. The molecule has 0 amide bonds. The second-order valence-electron chi connectivity index (χ2n) is 5.94. The van der Waals surface area contributed by atoms with Gasteiger partial charge in [-0.15, -0.1) is 0 Å². The highest BCUT2D eigenvalue weighted by molar-refractivity contribution is 5.66. The topological polar surface area (TPSA) is 26.3 Å². The van der Waals surface area contributed by atoms with E-state index in [-0.39, 0.29) is 12.1 Å². The van der Waals surface area contributed by atoms with Crippen molar-refractivity contribution in [1.29, 1.82) is 0 Å². The minimum atomic E-state index is -0.122. The van der Waals surface area contributed by atoms with Crippen molar-refractivity contribution < 1.29 is 9.53 Å². The van der Waals surface area contributed by atoms with Crippen molar-refractivity contribution in [3.8, 4) is 0 Å². The fraction of sp³-hybridized carbons (Fsp3) is 0.917. The summed E-state index contributed by atoms with van der Waals surface area (Å²) in [7, 11) is 0. The van der Waals surface area contributed by atoms with Gasteiger partial charge in [0.1, 0.15) is 6.10 Å². The second-order valence-corrected chi connectivity index (χ2v) is 5.94. The molecule has 2 bridgehead atoms. The van der Waals surface area contributed by atoms with Crippen molar-refractivity contribution in [1.82, 2.24) is 0 Å². The van der Waals surface area contributed by atoms with Crippen LogP contribution >= 0.6 is 0 Å². The maximum Gasteiger partial charge on any atom is 0.302 e. The molecule has 2 rings (SSSR count). The van der Waals surface area contributed by atoms with Crippen molar-refractivity contribution in [2.45, 2.75) is 59.0 Å². The molecule has 2 fully saturated rings. The average molecular weight is 196 g/mol. The van der Waals surface area contributed by atoms with Gasteiger partial charge in [0.05, 0.1) is 0 Å². The monoisotopic (exact) mass is 196 g/mol. The van der Waals surface area contributed by atoms with Crippen LogP contribution in [0, 0.1) is 10.8 Å². The minimum Gasteiger partial charge on any atom is -0.463 e. The lowest BCUT2D eigenvalue weighted by atomic mass is 9.69. The van der Waals surface area contributed by atoms with E-state index in [4.69, 9.17) is 4.74 Å². The highest BCUT2D eigenvalue weighted by Crippen LogP contribution is 2.58. The molecule has 2 heteroatoms. The van der Waals surface area contributed by atoms with E-state index < -0.39 is 0 Å². The minimum absolute atomic E-state index is 0.122. The Labute approximate surface area is 86.0 Å². The molecule has 0 saturated heterocycles. The van der Waals surface area contributed by atoms with E-state index >= 15 is 0 Å². The molecule has 14 heavy (non-hydrogen) atoms. The molecular weight excluding hydrogens is 176 g/mol. The summed E-state index contributed by atoms with van der Waals surface area (Å²) < 4.78 is 5.36. The summed E-state index contributed by atoms with van der Waals surface area (Å²) in [5.41, 5.74) is 0.875. The van der Waals surface area contributed by atoms with Crippen molar-refractivity contribution >= 4 is 5.97 Å². The Bertz CT molecular complexity index is 243. The molecule has 0 heterocycles. The summed E-state index contributed by atoms with van der Waals surface area (Å²) in [5.74, 6) is -0.122. The largest absolute Gasteiger partial charge is 0.463 e. The molecule has 2 nitrogen and oxygen atoms in total. The van der Waals surface area contributed by atoms with Gasteiger partial charge >= 0.3 is 5.97 Å². The van der Waals surface area contributed by atoms with Crippen molar-refractivity contribution in [2.24, 2.45) is 10.8 Å². The first-order chi connectivity index (χ1) is 6.41. The highest BCUT2D eigenvalue weighted by Gasteiger charge is 2.49. The first kappa shape index (κ1) is 10.0. The second kappa shape index (κ2) is 2.98. The van der Waals surface area contributed by atoms with E-state index in [1.54, 1.807) is 0 Å². The van der Waals surface area contributed by atoms with E-state index in [0.717, 1.165) is 12.8 Å². The van der Waals surface area contributed by atoms with E-state index in [2.05, 4.69) is 13.8 Å². The van der Waals surface area contributed by atoms with Gasteiger partial charge in [-0.25, -0.2) is 0 Å². The molecule has 0 aromatic rings. The Morgan fingerprint density at radius 2 is 1.71 bits per heavy atom. The Kier molecular flexibility index (Phi) is 2.13. The molecule has 2 saturated carbocycles. The molecule has 2 atom stereocenters. The van der Waals surface area contributed by atoms with Crippen LogP contribution in [-0.2, 0) is 9.53 Å². The van der Waals surface area contributed by atoms with Gasteiger partial charge in [-0.05, 0) is 42.9 Å². The van der Waals surface area contributed by atoms with E-state index in [1.807, 2.05) is 0 Å². The van der Waals surface area contributed by atoms with Crippen LogP contribution in [0.5, 0.6) is 0 Å². The zero-order chi connectivity index (χ0) is 10.4. The molecule has 2 aliphatic carbocycles. The standard InChI is InChI=1S/C12H20O2/c1-9(13)14-10-6-11(2)4-5-12(3,7-10)8-11/h10H,4-8H2,1-3H3. The van der Waals surface area contributed by atoms with Gasteiger partial charge in [0.2, 0.25) is 0 Å². The first-order valence-electron chi connectivity index (χ1n) is 5.58. The van der Waals surface area contributed by atoms with Crippen LogP contribution in [0.15, 0.2) is 0 Å². The summed E-state index contributed by atoms with van der Waals surface area (Å²) in [6.07, 6.45) is 6.25. The summed E-state index contributed by atoms with van der Waals surface area (Å²) in [5, 5.41) is 0. The third kappa shape index (κ3) is 1.79. The number of hydrogen-bond donors (Lipinski definition) is 0. The molecule has 0 spiro atoms. The first-order valence-corrected chi connectivity index (χ1v) is 5.58. The molecule has 80 valence electrons.